The van der Waals surface area contributed by atoms with E-state index in [9.17, 15) is 4.39 Å². The second-order valence-corrected chi connectivity index (χ2v) is 9.54. The predicted octanol–water partition coefficient (Wildman–Crippen LogP) is 4.76. The Bertz CT molecular complexity index is 1280. The molecule has 2 aromatic carbocycles. The molecule has 2 aromatic heterocycles. The van der Waals surface area contributed by atoms with E-state index in [-0.39, 0.29) is 11.1 Å². The van der Waals surface area contributed by atoms with E-state index in [4.69, 9.17) is 9.26 Å². The summed E-state index contributed by atoms with van der Waals surface area (Å²) in [4.78, 5) is 6.69. The van der Waals surface area contributed by atoms with Crippen LogP contribution in [0, 0.1) is 19.7 Å². The van der Waals surface area contributed by atoms with Gasteiger partial charge in [-0.2, -0.15) is 4.98 Å². The average molecular weight is 481 g/mol. The summed E-state index contributed by atoms with van der Waals surface area (Å²) in [7, 11) is 0. The fraction of sp³-hybridized carbons (Fsp3) is 0.333. The van der Waals surface area contributed by atoms with E-state index in [0.29, 0.717) is 36.1 Å². The zero-order chi connectivity index (χ0) is 23.7. The van der Waals surface area contributed by atoms with E-state index in [0.717, 1.165) is 29.9 Å². The van der Waals surface area contributed by atoms with Crippen LogP contribution in [-0.2, 0) is 4.74 Å². The number of halogens is 1. The number of aromatic nitrogens is 5. The Morgan fingerprint density at radius 3 is 2.53 bits per heavy atom. The third-order valence-electron chi connectivity index (χ3n) is 5.70. The fourth-order valence-corrected chi connectivity index (χ4v) is 4.58. The molecule has 8 nitrogen and oxygen atoms in total. The summed E-state index contributed by atoms with van der Waals surface area (Å²) >= 11 is 1.48. The number of hydrogen-bond acceptors (Lipinski definition) is 8. The van der Waals surface area contributed by atoms with Crippen molar-refractivity contribution in [1.29, 1.82) is 0 Å². The summed E-state index contributed by atoms with van der Waals surface area (Å²) in [5.74, 6) is 1.28. The third kappa shape index (κ3) is 4.55. The Hall–Kier alpha value is -3.24. The van der Waals surface area contributed by atoms with E-state index in [1.54, 1.807) is 19.1 Å². The van der Waals surface area contributed by atoms with Crippen molar-refractivity contribution >= 4 is 17.7 Å². The van der Waals surface area contributed by atoms with E-state index in [2.05, 4.69) is 61.0 Å². The number of hydrogen-bond donors (Lipinski definition) is 0. The standard InChI is InChI=1S/C24H25FN6O2S/c1-15-4-8-19(9-5-15)31-23(30-10-12-32-13-11-30)27-28-24(31)34-17(3)22-26-21(29-33-22)18-7-6-16(2)20(25)14-18/h4-9,14,17H,10-13H2,1-3H3. The summed E-state index contributed by atoms with van der Waals surface area (Å²) in [6.45, 7) is 8.57. The number of aryl methyl sites for hydroxylation is 2. The molecule has 1 unspecified atom stereocenters. The fourth-order valence-electron chi connectivity index (χ4n) is 3.68. The molecule has 4 aromatic rings. The molecule has 0 spiro atoms. The van der Waals surface area contributed by atoms with Crippen molar-refractivity contribution < 1.29 is 13.7 Å². The average Bonchev–Trinajstić information content (AvgIpc) is 3.50. The minimum absolute atomic E-state index is 0.192. The van der Waals surface area contributed by atoms with Crippen LogP contribution in [0.4, 0.5) is 10.3 Å². The lowest BCUT2D eigenvalue weighted by Gasteiger charge is -2.28. The first-order valence-corrected chi connectivity index (χ1v) is 12.0. The van der Waals surface area contributed by atoms with Crippen LogP contribution in [0.1, 0.15) is 29.2 Å². The monoisotopic (exact) mass is 480 g/mol. The number of nitrogens with zero attached hydrogens (tertiary/aromatic N) is 6. The van der Waals surface area contributed by atoms with Crippen LogP contribution < -0.4 is 4.90 Å². The number of benzene rings is 2. The van der Waals surface area contributed by atoms with E-state index >= 15 is 0 Å². The van der Waals surface area contributed by atoms with Crippen LogP contribution in [0.5, 0.6) is 0 Å². The number of ether oxygens (including phenoxy) is 1. The molecule has 0 radical (unpaired) electrons. The molecule has 0 N–H and O–H groups in total. The van der Waals surface area contributed by atoms with Gasteiger partial charge in [0, 0.05) is 18.7 Å². The lowest BCUT2D eigenvalue weighted by molar-refractivity contribution is 0.122. The third-order valence-corrected chi connectivity index (χ3v) is 6.73. The number of morpholine rings is 1. The predicted molar refractivity (Wildman–Crippen MR) is 128 cm³/mol. The Labute approximate surface area is 201 Å². The zero-order valence-corrected chi connectivity index (χ0v) is 20.0. The van der Waals surface area contributed by atoms with E-state index < -0.39 is 0 Å². The van der Waals surface area contributed by atoms with Crippen LogP contribution in [0.3, 0.4) is 0 Å². The van der Waals surface area contributed by atoms with Gasteiger partial charge in [-0.15, -0.1) is 10.2 Å². The van der Waals surface area contributed by atoms with Gasteiger partial charge in [0.15, 0.2) is 5.16 Å². The Morgan fingerprint density at radius 2 is 1.79 bits per heavy atom. The SMILES string of the molecule is Cc1ccc(-n2c(SC(C)c3nc(-c4ccc(C)c(F)c4)no3)nnc2N2CCOCC2)cc1. The first-order valence-electron chi connectivity index (χ1n) is 11.1. The molecule has 1 aliphatic heterocycles. The van der Waals surface area contributed by atoms with Crippen molar-refractivity contribution in [1.82, 2.24) is 24.9 Å². The molecular weight excluding hydrogens is 455 g/mol. The molecule has 1 atom stereocenters. The summed E-state index contributed by atoms with van der Waals surface area (Å²) in [6, 6.07) is 13.2. The van der Waals surface area contributed by atoms with Gasteiger partial charge in [-0.1, -0.05) is 46.7 Å². The maximum Gasteiger partial charge on any atom is 0.240 e. The first kappa shape index (κ1) is 22.5. The summed E-state index contributed by atoms with van der Waals surface area (Å²) in [5.41, 5.74) is 3.31. The molecule has 1 saturated heterocycles. The maximum absolute atomic E-state index is 14.0. The minimum Gasteiger partial charge on any atom is -0.378 e. The van der Waals surface area contributed by atoms with Crippen molar-refractivity contribution in [3.05, 3.63) is 65.3 Å². The highest BCUT2D eigenvalue weighted by atomic mass is 32.2. The van der Waals surface area contributed by atoms with Crippen molar-refractivity contribution in [2.24, 2.45) is 0 Å². The molecule has 10 heteroatoms. The normalized spacial score (nSPS) is 15.0. The van der Waals surface area contributed by atoms with Crippen molar-refractivity contribution in [3.8, 4) is 17.1 Å². The number of thioether (sulfide) groups is 1. The molecule has 0 aliphatic carbocycles. The molecule has 3 heterocycles. The molecule has 1 fully saturated rings. The number of rotatable bonds is 6. The minimum atomic E-state index is -0.298. The summed E-state index contributed by atoms with van der Waals surface area (Å²) < 4.78 is 27.1. The van der Waals surface area contributed by atoms with Gasteiger partial charge in [-0.3, -0.25) is 4.57 Å². The van der Waals surface area contributed by atoms with Gasteiger partial charge >= 0.3 is 0 Å². The largest absolute Gasteiger partial charge is 0.378 e. The summed E-state index contributed by atoms with van der Waals surface area (Å²) in [5, 5.41) is 13.6. The van der Waals surface area contributed by atoms with Crippen molar-refractivity contribution in [3.63, 3.8) is 0 Å². The molecule has 0 amide bonds. The van der Waals surface area contributed by atoms with E-state index in [1.807, 2.05) is 6.92 Å². The van der Waals surface area contributed by atoms with Gasteiger partial charge in [0.1, 0.15) is 5.82 Å². The highest BCUT2D eigenvalue weighted by Crippen LogP contribution is 2.37. The summed E-state index contributed by atoms with van der Waals surface area (Å²) in [6.07, 6.45) is 0. The van der Waals surface area contributed by atoms with Gasteiger partial charge < -0.3 is 14.2 Å². The van der Waals surface area contributed by atoms with Crippen LogP contribution in [0.25, 0.3) is 17.1 Å². The first-order chi connectivity index (χ1) is 16.5. The Morgan fingerprint density at radius 1 is 1.03 bits per heavy atom. The Balaban J connectivity index is 1.43. The van der Waals surface area contributed by atoms with Crippen molar-refractivity contribution in [2.75, 3.05) is 31.2 Å². The molecule has 5 rings (SSSR count). The highest BCUT2D eigenvalue weighted by molar-refractivity contribution is 7.99. The van der Waals surface area contributed by atoms with Crippen molar-refractivity contribution in [2.45, 2.75) is 31.2 Å². The van der Waals surface area contributed by atoms with Gasteiger partial charge in [-0.05, 0) is 44.5 Å². The highest BCUT2D eigenvalue weighted by Gasteiger charge is 2.25. The van der Waals surface area contributed by atoms with E-state index in [1.165, 1.54) is 23.4 Å². The molecule has 0 saturated carbocycles. The van der Waals surface area contributed by atoms with Crippen LogP contribution >= 0.6 is 11.8 Å². The van der Waals surface area contributed by atoms with Gasteiger partial charge in [0.25, 0.3) is 0 Å². The van der Waals surface area contributed by atoms with Gasteiger partial charge in [-0.25, -0.2) is 4.39 Å². The number of anilines is 1. The smallest absolute Gasteiger partial charge is 0.240 e. The molecular formula is C24H25FN6O2S. The Kier molecular flexibility index (Phi) is 6.34. The van der Waals surface area contributed by atoms with Gasteiger partial charge in [0.2, 0.25) is 17.7 Å². The molecule has 34 heavy (non-hydrogen) atoms. The quantitative estimate of drug-likeness (QED) is 0.365. The maximum atomic E-state index is 14.0. The van der Waals surface area contributed by atoms with Gasteiger partial charge in [0.05, 0.1) is 24.2 Å². The topological polar surface area (TPSA) is 82.1 Å². The molecule has 0 bridgehead atoms. The second-order valence-electron chi connectivity index (χ2n) is 8.23. The lowest BCUT2D eigenvalue weighted by atomic mass is 10.1. The second kappa shape index (κ2) is 9.55. The van der Waals surface area contributed by atoms with Crippen LogP contribution in [0.15, 0.2) is 52.1 Å². The van der Waals surface area contributed by atoms with Crippen LogP contribution in [0.2, 0.25) is 0 Å². The molecule has 1 aliphatic rings. The zero-order valence-electron chi connectivity index (χ0n) is 19.2. The lowest BCUT2D eigenvalue weighted by Crippen LogP contribution is -2.37. The molecule has 176 valence electrons. The van der Waals surface area contributed by atoms with Crippen LogP contribution in [-0.4, -0.2) is 51.2 Å².